The molecule has 0 radical (unpaired) electrons. The Labute approximate surface area is 217 Å². The summed E-state index contributed by atoms with van der Waals surface area (Å²) in [7, 11) is 0. The molecule has 1 spiro atoms. The monoisotopic (exact) mass is 575 g/mol. The SMILES string of the molecule is O=C(O)C(F)(F)F.O=C(O)C(F)(F)F.c1cc(CN2CCCC3(COCCN(Cc4cn[nH]n4)C3)C2)cs1. The average Bonchev–Trinajstić information content (AvgIpc) is 3.47. The molecule has 0 amide bonds. The van der Waals surface area contributed by atoms with E-state index < -0.39 is 24.3 Å². The van der Waals surface area contributed by atoms with Crippen molar-refractivity contribution in [2.75, 3.05) is 39.4 Å². The molecule has 214 valence electrons. The van der Waals surface area contributed by atoms with Gasteiger partial charge in [-0.2, -0.15) is 53.1 Å². The van der Waals surface area contributed by atoms with Crippen molar-refractivity contribution in [3.8, 4) is 0 Å². The van der Waals surface area contributed by atoms with Gasteiger partial charge in [0, 0.05) is 38.1 Å². The van der Waals surface area contributed by atoms with Gasteiger partial charge in [0.1, 0.15) is 0 Å². The highest BCUT2D eigenvalue weighted by atomic mass is 32.1. The maximum Gasteiger partial charge on any atom is 0.490 e. The number of carbonyl (C=O) groups is 2. The van der Waals surface area contributed by atoms with Crippen LogP contribution in [-0.2, 0) is 27.4 Å². The number of carboxylic acids is 2. The van der Waals surface area contributed by atoms with Crippen LogP contribution in [0.4, 0.5) is 26.3 Å². The fourth-order valence-electron chi connectivity index (χ4n) is 4.08. The van der Waals surface area contributed by atoms with E-state index in [4.69, 9.17) is 24.5 Å². The zero-order valence-electron chi connectivity index (χ0n) is 20.0. The second-order valence-electron chi connectivity index (χ2n) is 8.78. The summed E-state index contributed by atoms with van der Waals surface area (Å²) in [4.78, 5) is 22.9. The van der Waals surface area contributed by atoms with Crippen molar-refractivity contribution in [3.63, 3.8) is 0 Å². The Morgan fingerprint density at radius 2 is 1.66 bits per heavy atom. The van der Waals surface area contributed by atoms with Crippen LogP contribution in [0.2, 0.25) is 0 Å². The minimum absolute atomic E-state index is 0.245. The highest BCUT2D eigenvalue weighted by Crippen LogP contribution is 2.34. The molecule has 0 bridgehead atoms. The largest absolute Gasteiger partial charge is 0.490 e. The van der Waals surface area contributed by atoms with Gasteiger partial charge in [-0.05, 0) is 41.8 Å². The predicted molar refractivity (Wildman–Crippen MR) is 121 cm³/mol. The normalized spacial score (nSPS) is 21.0. The average molecular weight is 576 g/mol. The number of aromatic amines is 1. The number of nitrogens with zero attached hydrogens (tertiary/aromatic N) is 4. The number of carboxylic acid groups (broad SMARTS) is 2. The summed E-state index contributed by atoms with van der Waals surface area (Å²) < 4.78 is 69.5. The fraction of sp³-hybridized carbons (Fsp3) is 0.619. The molecule has 4 heterocycles. The van der Waals surface area contributed by atoms with Gasteiger partial charge in [-0.25, -0.2) is 9.59 Å². The third kappa shape index (κ3) is 10.9. The Bertz CT molecular complexity index is 966. The molecule has 2 fully saturated rings. The van der Waals surface area contributed by atoms with Gasteiger partial charge < -0.3 is 14.9 Å². The van der Waals surface area contributed by atoms with Crippen LogP contribution in [0.5, 0.6) is 0 Å². The van der Waals surface area contributed by atoms with Crippen molar-refractivity contribution in [1.29, 1.82) is 0 Å². The summed E-state index contributed by atoms with van der Waals surface area (Å²) in [5, 5.41) is 29.5. The van der Waals surface area contributed by atoms with Crippen molar-refractivity contribution in [1.82, 2.24) is 25.2 Å². The van der Waals surface area contributed by atoms with Crippen LogP contribution in [0.1, 0.15) is 24.1 Å². The lowest BCUT2D eigenvalue weighted by molar-refractivity contribution is -0.193. The van der Waals surface area contributed by atoms with E-state index in [0.29, 0.717) is 0 Å². The molecule has 2 aromatic heterocycles. The molecule has 3 N–H and O–H groups in total. The summed E-state index contributed by atoms with van der Waals surface area (Å²) in [5.74, 6) is -5.51. The maximum absolute atomic E-state index is 10.6. The molecule has 0 saturated carbocycles. The Balaban J connectivity index is 0.000000301. The Hall–Kier alpha value is -2.76. The molecular formula is C21H27F6N5O5S. The Morgan fingerprint density at radius 1 is 1.05 bits per heavy atom. The summed E-state index contributed by atoms with van der Waals surface area (Å²) in [6, 6.07) is 2.24. The van der Waals surface area contributed by atoms with E-state index in [1.807, 2.05) is 6.20 Å². The molecule has 2 aliphatic rings. The quantitative estimate of drug-likeness (QED) is 0.470. The second-order valence-corrected chi connectivity index (χ2v) is 9.56. The first-order valence-corrected chi connectivity index (χ1v) is 12.1. The molecule has 1 unspecified atom stereocenters. The molecule has 2 aliphatic heterocycles. The number of piperidine rings is 1. The zero-order valence-corrected chi connectivity index (χ0v) is 20.8. The smallest absolute Gasteiger partial charge is 0.475 e. The van der Waals surface area contributed by atoms with Gasteiger partial charge in [-0.3, -0.25) is 9.80 Å². The van der Waals surface area contributed by atoms with Crippen LogP contribution in [-0.4, -0.2) is 99.1 Å². The third-order valence-corrected chi connectivity index (χ3v) is 6.31. The maximum atomic E-state index is 10.6. The second kappa shape index (κ2) is 13.9. The molecule has 1 atom stereocenters. The summed E-state index contributed by atoms with van der Waals surface area (Å²) in [6.07, 6.45) is -5.84. The number of rotatable bonds is 4. The fourth-order valence-corrected chi connectivity index (χ4v) is 4.74. The lowest BCUT2D eigenvalue weighted by atomic mass is 9.80. The van der Waals surface area contributed by atoms with Crippen LogP contribution >= 0.6 is 11.3 Å². The number of likely N-dealkylation sites (tertiary alicyclic amines) is 1. The van der Waals surface area contributed by atoms with Crippen LogP contribution in [0.3, 0.4) is 0 Å². The van der Waals surface area contributed by atoms with E-state index in [1.165, 1.54) is 24.9 Å². The van der Waals surface area contributed by atoms with Gasteiger partial charge in [0.2, 0.25) is 0 Å². The van der Waals surface area contributed by atoms with E-state index >= 15 is 0 Å². The van der Waals surface area contributed by atoms with Crippen LogP contribution in [0.25, 0.3) is 0 Å². The number of aliphatic carboxylic acids is 2. The molecule has 17 heteroatoms. The van der Waals surface area contributed by atoms with E-state index in [2.05, 4.69) is 42.0 Å². The molecule has 0 aliphatic carbocycles. The number of aromatic nitrogens is 3. The number of hydrogen-bond acceptors (Lipinski definition) is 8. The van der Waals surface area contributed by atoms with Crippen molar-refractivity contribution >= 4 is 23.3 Å². The van der Waals surface area contributed by atoms with Gasteiger partial charge in [-0.15, -0.1) is 0 Å². The lowest BCUT2D eigenvalue weighted by Gasteiger charge is -2.43. The molecule has 4 rings (SSSR count). The van der Waals surface area contributed by atoms with E-state index in [0.717, 1.165) is 51.6 Å². The van der Waals surface area contributed by atoms with E-state index in [-0.39, 0.29) is 5.41 Å². The highest BCUT2D eigenvalue weighted by molar-refractivity contribution is 7.07. The summed E-state index contributed by atoms with van der Waals surface area (Å²) in [6.45, 7) is 7.98. The molecule has 38 heavy (non-hydrogen) atoms. The van der Waals surface area contributed by atoms with Crippen LogP contribution < -0.4 is 0 Å². The molecule has 10 nitrogen and oxygen atoms in total. The van der Waals surface area contributed by atoms with Gasteiger partial charge in [0.05, 0.1) is 25.1 Å². The Kier molecular flexibility index (Phi) is 11.5. The minimum atomic E-state index is -5.08. The van der Waals surface area contributed by atoms with E-state index in [9.17, 15) is 26.3 Å². The number of hydrogen-bond donors (Lipinski definition) is 3. The number of alkyl halides is 6. The summed E-state index contributed by atoms with van der Waals surface area (Å²) >= 11 is 1.79. The molecule has 2 saturated heterocycles. The molecule has 0 aromatic carbocycles. The first-order chi connectivity index (χ1) is 17.7. The number of halogens is 6. The minimum Gasteiger partial charge on any atom is -0.475 e. The highest BCUT2D eigenvalue weighted by Gasteiger charge is 2.40. The lowest BCUT2D eigenvalue weighted by Crippen LogP contribution is -2.50. The van der Waals surface area contributed by atoms with Gasteiger partial charge in [0.25, 0.3) is 0 Å². The van der Waals surface area contributed by atoms with Crippen molar-refractivity contribution in [2.24, 2.45) is 5.41 Å². The molecular weight excluding hydrogens is 548 g/mol. The zero-order chi connectivity index (χ0) is 28.4. The van der Waals surface area contributed by atoms with Crippen LogP contribution in [0.15, 0.2) is 23.0 Å². The van der Waals surface area contributed by atoms with Gasteiger partial charge in [-0.1, -0.05) is 0 Å². The van der Waals surface area contributed by atoms with Crippen molar-refractivity contribution in [3.05, 3.63) is 34.3 Å². The van der Waals surface area contributed by atoms with Crippen molar-refractivity contribution in [2.45, 2.75) is 38.3 Å². The topological polar surface area (TPSA) is 132 Å². The summed E-state index contributed by atoms with van der Waals surface area (Å²) in [5.41, 5.74) is 2.69. The standard InChI is InChI=1S/C17H25N5OS.2C2HF3O2/c1-3-17(12-21(4-1)9-15-2-7-24-11-15)13-22(5-6-23-14-17)10-16-8-18-20-19-16;2*3-2(4,5)1(6)7/h2,7-8,11H,1,3-6,9-10,12-14H2,(H,18,19,20);2*(H,6,7). The number of H-pyrrole nitrogens is 1. The number of thiophene rings is 1. The van der Waals surface area contributed by atoms with E-state index in [1.54, 1.807) is 11.3 Å². The first kappa shape index (κ1) is 31.5. The number of nitrogens with one attached hydrogen (secondary N) is 1. The number of ether oxygens (including phenoxy) is 1. The third-order valence-electron chi connectivity index (χ3n) is 5.58. The Morgan fingerprint density at radius 3 is 2.16 bits per heavy atom. The molecule has 2 aromatic rings. The van der Waals surface area contributed by atoms with Crippen molar-refractivity contribution < 1.29 is 50.9 Å². The first-order valence-electron chi connectivity index (χ1n) is 11.2. The van der Waals surface area contributed by atoms with Crippen LogP contribution in [0, 0.1) is 5.41 Å². The van der Waals surface area contributed by atoms with Gasteiger partial charge >= 0.3 is 24.3 Å². The predicted octanol–water partition coefficient (Wildman–Crippen LogP) is 3.25. The van der Waals surface area contributed by atoms with Gasteiger partial charge in [0.15, 0.2) is 0 Å².